The summed E-state index contributed by atoms with van der Waals surface area (Å²) in [5.74, 6) is -0.103. The number of fused-ring (bicyclic) bond motifs is 1. The summed E-state index contributed by atoms with van der Waals surface area (Å²) in [6, 6.07) is 5.41. The number of aliphatic hydroxyl groups excluding tert-OH is 2. The first-order valence-electron chi connectivity index (χ1n) is 8.07. The number of rotatable bonds is 5. The topological polar surface area (TPSA) is 90.1 Å². The van der Waals surface area contributed by atoms with Crippen LogP contribution in [0, 0.1) is 9.39 Å². The van der Waals surface area contributed by atoms with E-state index in [1.165, 1.54) is 27.9 Å². The molecule has 0 radical (unpaired) electrons. The van der Waals surface area contributed by atoms with Crippen molar-refractivity contribution < 1.29 is 14.6 Å². The van der Waals surface area contributed by atoms with Gasteiger partial charge in [-0.1, -0.05) is 6.58 Å². The van der Waals surface area contributed by atoms with Crippen LogP contribution in [0.4, 0.5) is 21.6 Å². The summed E-state index contributed by atoms with van der Waals surface area (Å²) < 4.78 is 16.4. The van der Waals surface area contributed by atoms with Gasteiger partial charge in [0.05, 0.1) is 42.5 Å². The Morgan fingerprint density at radius 1 is 1.30 bits per heavy atom. The zero-order chi connectivity index (χ0) is 19.7. The van der Waals surface area contributed by atoms with Gasteiger partial charge in [0.1, 0.15) is 11.6 Å². The molecular weight excluding hydrogens is 466 g/mol. The Labute approximate surface area is 168 Å². The molecule has 0 bridgehead atoms. The average Bonchev–Trinajstić information content (AvgIpc) is 2.63. The van der Waals surface area contributed by atoms with Crippen LogP contribution in [-0.2, 0) is 7.05 Å². The lowest BCUT2D eigenvalue weighted by Crippen LogP contribution is -2.40. The van der Waals surface area contributed by atoms with E-state index in [4.69, 9.17) is 0 Å². The fourth-order valence-electron chi connectivity index (χ4n) is 2.82. The lowest BCUT2D eigenvalue weighted by atomic mass is 10.1. The van der Waals surface area contributed by atoms with E-state index < -0.39 is 11.9 Å². The highest BCUT2D eigenvalue weighted by Gasteiger charge is 2.27. The van der Waals surface area contributed by atoms with Gasteiger partial charge in [-0.3, -0.25) is 9.36 Å². The van der Waals surface area contributed by atoms with Gasteiger partial charge in [0, 0.05) is 22.4 Å². The van der Waals surface area contributed by atoms with Crippen molar-refractivity contribution in [3.8, 4) is 0 Å². The van der Waals surface area contributed by atoms with Crippen molar-refractivity contribution in [2.24, 2.45) is 12.0 Å². The second kappa shape index (κ2) is 7.79. The van der Waals surface area contributed by atoms with Crippen molar-refractivity contribution in [2.45, 2.75) is 6.04 Å². The van der Waals surface area contributed by atoms with Gasteiger partial charge in [0.2, 0.25) is 0 Å². The zero-order valence-corrected chi connectivity index (χ0v) is 16.6. The van der Waals surface area contributed by atoms with E-state index in [1.54, 1.807) is 19.2 Å². The van der Waals surface area contributed by atoms with Crippen LogP contribution in [0.2, 0.25) is 0 Å². The van der Waals surface area contributed by atoms with Gasteiger partial charge >= 0.3 is 0 Å². The largest absolute Gasteiger partial charge is 0.394 e. The Morgan fingerprint density at radius 2 is 2.00 bits per heavy atom. The highest BCUT2D eigenvalue weighted by molar-refractivity contribution is 14.1. The van der Waals surface area contributed by atoms with Crippen molar-refractivity contribution in [2.75, 3.05) is 18.5 Å². The van der Waals surface area contributed by atoms with Crippen LogP contribution in [-0.4, -0.2) is 45.3 Å². The number of aromatic nitrogens is 1. The van der Waals surface area contributed by atoms with Gasteiger partial charge in [-0.05, 0) is 40.8 Å². The van der Waals surface area contributed by atoms with Crippen LogP contribution in [0.3, 0.4) is 0 Å². The number of nitrogens with zero attached hydrogens (tertiary/aromatic N) is 3. The Hall–Kier alpha value is -2.24. The van der Waals surface area contributed by atoms with Gasteiger partial charge in [0.25, 0.3) is 5.56 Å². The monoisotopic (exact) mass is 484 g/mol. The van der Waals surface area contributed by atoms with Gasteiger partial charge < -0.3 is 20.4 Å². The molecular formula is C18H18FIN4O3. The molecule has 9 heteroatoms. The first-order chi connectivity index (χ1) is 12.9. The number of nitrogens with one attached hydrogen (secondary N) is 1. The molecule has 0 spiro atoms. The van der Waals surface area contributed by atoms with E-state index in [0.29, 0.717) is 22.8 Å². The molecule has 0 fully saturated rings. The average molecular weight is 484 g/mol. The molecule has 0 aliphatic carbocycles. The Bertz CT molecular complexity index is 985. The Kier molecular flexibility index (Phi) is 5.63. The molecule has 3 rings (SSSR count). The smallest absolute Gasteiger partial charge is 0.254 e. The quantitative estimate of drug-likeness (QED) is 0.567. The predicted molar refractivity (Wildman–Crippen MR) is 111 cm³/mol. The second-order valence-electron chi connectivity index (χ2n) is 6.02. The van der Waals surface area contributed by atoms with Crippen LogP contribution in [0.1, 0.15) is 5.56 Å². The van der Waals surface area contributed by atoms with Crippen LogP contribution < -0.4 is 10.9 Å². The highest BCUT2D eigenvalue weighted by atomic mass is 127. The molecule has 2 heterocycles. The van der Waals surface area contributed by atoms with E-state index in [1.807, 2.05) is 22.6 Å². The van der Waals surface area contributed by atoms with Crippen molar-refractivity contribution in [3.63, 3.8) is 0 Å². The van der Waals surface area contributed by atoms with Gasteiger partial charge in [-0.15, -0.1) is 0 Å². The van der Waals surface area contributed by atoms with E-state index in [-0.39, 0.29) is 24.5 Å². The molecule has 2 aromatic rings. The third-order valence-electron chi connectivity index (χ3n) is 4.33. The van der Waals surface area contributed by atoms with Crippen LogP contribution in [0.25, 0.3) is 5.70 Å². The molecule has 3 N–H and O–H groups in total. The predicted octanol–water partition coefficient (Wildman–Crippen LogP) is 2.17. The van der Waals surface area contributed by atoms with Crippen molar-refractivity contribution in [1.29, 1.82) is 0 Å². The number of hydrogen-bond donors (Lipinski definition) is 3. The minimum atomic E-state index is -0.630. The van der Waals surface area contributed by atoms with E-state index in [9.17, 15) is 19.4 Å². The molecule has 7 nitrogen and oxygen atoms in total. The summed E-state index contributed by atoms with van der Waals surface area (Å²) in [7, 11) is 1.58. The number of aliphatic hydroxyl groups is 2. The summed E-state index contributed by atoms with van der Waals surface area (Å²) in [5, 5.41) is 21.9. The number of halogens is 2. The maximum absolute atomic E-state index is 14.3. The summed E-state index contributed by atoms with van der Waals surface area (Å²) in [6.07, 6.45) is 1.41. The molecule has 1 aromatic carbocycles. The lowest BCUT2D eigenvalue weighted by molar-refractivity contribution is 0.144. The number of pyridine rings is 1. The summed E-state index contributed by atoms with van der Waals surface area (Å²) >= 11 is 2.01. The van der Waals surface area contributed by atoms with Crippen molar-refractivity contribution in [3.05, 3.63) is 56.1 Å². The molecule has 0 saturated carbocycles. The van der Waals surface area contributed by atoms with E-state index in [2.05, 4.69) is 16.9 Å². The van der Waals surface area contributed by atoms with Gasteiger partial charge in [-0.2, -0.15) is 0 Å². The van der Waals surface area contributed by atoms with Gasteiger partial charge in [0.15, 0.2) is 0 Å². The van der Waals surface area contributed by atoms with E-state index in [0.717, 1.165) is 3.57 Å². The SMILES string of the molecule is C=C1c2c(Nc3ccc(I)cc3F)cc(=O)n(C)c2N=CN1C(CO)CO. The normalized spacial score (nSPS) is 13.3. The fourth-order valence-corrected chi connectivity index (χ4v) is 3.27. The minimum absolute atomic E-state index is 0.209. The maximum Gasteiger partial charge on any atom is 0.254 e. The first kappa shape index (κ1) is 19.5. The highest BCUT2D eigenvalue weighted by Crippen LogP contribution is 2.37. The molecule has 142 valence electrons. The molecule has 0 unspecified atom stereocenters. The third kappa shape index (κ3) is 3.62. The zero-order valence-electron chi connectivity index (χ0n) is 14.5. The number of benzene rings is 1. The van der Waals surface area contributed by atoms with Gasteiger partial charge in [-0.25, -0.2) is 9.38 Å². The third-order valence-corrected chi connectivity index (χ3v) is 5.00. The second-order valence-corrected chi connectivity index (χ2v) is 7.27. The minimum Gasteiger partial charge on any atom is -0.394 e. The van der Waals surface area contributed by atoms with Crippen LogP contribution >= 0.6 is 22.6 Å². The summed E-state index contributed by atoms with van der Waals surface area (Å²) in [6.45, 7) is 3.41. The first-order valence-corrected chi connectivity index (χ1v) is 9.14. The molecule has 0 atom stereocenters. The lowest BCUT2D eigenvalue weighted by Gasteiger charge is -2.33. The van der Waals surface area contributed by atoms with Crippen LogP contribution in [0.15, 0.2) is 40.6 Å². The Morgan fingerprint density at radius 3 is 2.63 bits per heavy atom. The van der Waals surface area contributed by atoms with E-state index >= 15 is 0 Å². The summed E-state index contributed by atoms with van der Waals surface area (Å²) in [5.41, 5.74) is 1.15. The molecule has 1 aliphatic rings. The number of hydrogen-bond acceptors (Lipinski definition) is 6. The number of anilines is 2. The van der Waals surface area contributed by atoms with Crippen molar-refractivity contribution in [1.82, 2.24) is 9.47 Å². The molecule has 0 saturated heterocycles. The standard InChI is InChI=1S/C18H18FIN4O3/c1-10-17-15(22-14-4-3-11(20)5-13(14)19)6-16(27)23(2)18(17)21-9-24(10)12(7-25)8-26/h3-6,9,12,22,25-26H,1,7-8H2,2H3. The molecule has 0 amide bonds. The Balaban J connectivity index is 2.12. The molecule has 1 aliphatic heterocycles. The summed E-state index contributed by atoms with van der Waals surface area (Å²) in [4.78, 5) is 18.1. The fraction of sp³-hybridized carbons (Fsp3) is 0.222. The molecule has 27 heavy (non-hydrogen) atoms. The maximum atomic E-state index is 14.3. The number of aliphatic imine (C=N–C) groups is 1. The van der Waals surface area contributed by atoms with Crippen molar-refractivity contribution >= 4 is 51.8 Å². The van der Waals surface area contributed by atoms with Crippen LogP contribution in [0.5, 0.6) is 0 Å². The molecule has 1 aromatic heterocycles.